The molecule has 0 radical (unpaired) electrons. The second-order valence-corrected chi connectivity index (χ2v) is 8.12. The van der Waals surface area contributed by atoms with E-state index >= 15 is 0 Å². The molecule has 1 saturated carbocycles. The molecule has 1 aromatic rings. The zero-order chi connectivity index (χ0) is 15.0. The molecule has 3 aliphatic rings. The average Bonchev–Trinajstić information content (AvgIpc) is 2.89. The Kier molecular flexibility index (Phi) is 3.89. The van der Waals surface area contributed by atoms with Crippen molar-refractivity contribution in [3.05, 3.63) is 29.8 Å². The minimum Gasteiger partial charge on any atom is -0.384 e. The molecule has 0 aromatic heterocycles. The van der Waals surface area contributed by atoms with Crippen molar-refractivity contribution in [3.8, 4) is 0 Å². The van der Waals surface area contributed by atoms with E-state index in [2.05, 4.69) is 41.4 Å². The van der Waals surface area contributed by atoms with Crippen LogP contribution >= 0.6 is 0 Å². The Morgan fingerprint density at radius 1 is 1.18 bits per heavy atom. The molecule has 22 heavy (non-hydrogen) atoms. The highest BCUT2D eigenvalue weighted by Gasteiger charge is 2.41. The summed E-state index contributed by atoms with van der Waals surface area (Å²) in [6, 6.07) is 8.97. The molecule has 1 aromatic carbocycles. The van der Waals surface area contributed by atoms with E-state index in [1.165, 1.54) is 63.8 Å². The number of likely N-dealkylation sites (tertiary alicyclic amines) is 1. The van der Waals surface area contributed by atoms with E-state index in [4.69, 9.17) is 0 Å². The number of anilines is 1. The summed E-state index contributed by atoms with van der Waals surface area (Å²) in [7, 11) is 0. The number of nitrogens with one attached hydrogen (secondary N) is 1. The van der Waals surface area contributed by atoms with E-state index in [-0.39, 0.29) is 0 Å². The molecular weight excluding hydrogens is 268 g/mol. The Hall–Kier alpha value is -1.02. The number of rotatable bonds is 2. The first-order valence-corrected chi connectivity index (χ1v) is 9.31. The molecular formula is C20H30N2. The molecule has 2 unspecified atom stereocenters. The maximum Gasteiger partial charge on any atom is 0.0379 e. The lowest BCUT2D eigenvalue weighted by Gasteiger charge is -2.41. The minimum atomic E-state index is 0.424. The molecule has 4 rings (SSSR count). The summed E-state index contributed by atoms with van der Waals surface area (Å²) in [5.41, 5.74) is 3.39. The maximum absolute atomic E-state index is 3.64. The van der Waals surface area contributed by atoms with Crippen LogP contribution in [0, 0.1) is 11.8 Å². The van der Waals surface area contributed by atoms with Gasteiger partial charge in [0.15, 0.2) is 0 Å². The third-order valence-corrected chi connectivity index (χ3v) is 6.49. The highest BCUT2D eigenvalue weighted by Crippen LogP contribution is 2.44. The molecule has 2 aliphatic heterocycles. The number of fused-ring (bicyclic) bond motifs is 2. The number of benzene rings is 1. The average molecular weight is 298 g/mol. The van der Waals surface area contributed by atoms with Crippen LogP contribution < -0.4 is 5.32 Å². The molecule has 1 aliphatic carbocycles. The first kappa shape index (κ1) is 14.6. The van der Waals surface area contributed by atoms with Gasteiger partial charge in [-0.15, -0.1) is 0 Å². The lowest BCUT2D eigenvalue weighted by molar-refractivity contribution is 0.126. The van der Waals surface area contributed by atoms with Crippen LogP contribution in [0.4, 0.5) is 5.69 Å². The zero-order valence-corrected chi connectivity index (χ0v) is 14.0. The molecule has 2 heteroatoms. The molecule has 1 saturated heterocycles. The van der Waals surface area contributed by atoms with E-state index in [0.29, 0.717) is 5.41 Å². The van der Waals surface area contributed by atoms with Gasteiger partial charge >= 0.3 is 0 Å². The van der Waals surface area contributed by atoms with E-state index < -0.39 is 0 Å². The van der Waals surface area contributed by atoms with Crippen LogP contribution in [0.5, 0.6) is 0 Å². The summed E-state index contributed by atoms with van der Waals surface area (Å²) >= 11 is 0. The van der Waals surface area contributed by atoms with Gasteiger partial charge in [-0.2, -0.15) is 0 Å². The van der Waals surface area contributed by atoms with E-state index in [0.717, 1.165) is 18.4 Å². The van der Waals surface area contributed by atoms with Crippen LogP contribution in [-0.2, 0) is 5.41 Å². The van der Waals surface area contributed by atoms with Gasteiger partial charge in [-0.3, -0.25) is 0 Å². The molecule has 120 valence electrons. The highest BCUT2D eigenvalue weighted by molar-refractivity contribution is 5.60. The van der Waals surface area contributed by atoms with Crippen molar-refractivity contribution in [1.82, 2.24) is 4.90 Å². The Morgan fingerprint density at radius 2 is 2.00 bits per heavy atom. The lowest BCUT2D eigenvalue weighted by Crippen LogP contribution is -2.45. The van der Waals surface area contributed by atoms with Crippen molar-refractivity contribution in [3.63, 3.8) is 0 Å². The van der Waals surface area contributed by atoms with Crippen LogP contribution in [0.25, 0.3) is 0 Å². The fourth-order valence-electron chi connectivity index (χ4n) is 5.16. The number of piperidine rings is 1. The van der Waals surface area contributed by atoms with Gasteiger partial charge in [-0.25, -0.2) is 0 Å². The second kappa shape index (κ2) is 5.88. The fourth-order valence-corrected chi connectivity index (χ4v) is 5.16. The molecule has 0 bridgehead atoms. The number of nitrogens with zero attached hydrogens (tertiary/aromatic N) is 1. The van der Waals surface area contributed by atoms with Crippen molar-refractivity contribution in [2.75, 3.05) is 31.5 Å². The van der Waals surface area contributed by atoms with Crippen LogP contribution in [0.1, 0.15) is 51.0 Å². The summed E-state index contributed by atoms with van der Waals surface area (Å²) in [6.45, 7) is 7.54. The van der Waals surface area contributed by atoms with Crippen LogP contribution in [-0.4, -0.2) is 31.1 Å². The smallest absolute Gasteiger partial charge is 0.0379 e. The zero-order valence-electron chi connectivity index (χ0n) is 14.0. The van der Waals surface area contributed by atoms with Crippen molar-refractivity contribution in [2.24, 2.45) is 11.8 Å². The normalized spacial score (nSPS) is 31.0. The third kappa shape index (κ3) is 2.67. The van der Waals surface area contributed by atoms with E-state index in [1.54, 1.807) is 5.56 Å². The molecule has 2 heterocycles. The number of hydrogen-bond donors (Lipinski definition) is 1. The Bertz CT molecular complexity index is 516. The van der Waals surface area contributed by atoms with Crippen LogP contribution in [0.2, 0.25) is 0 Å². The molecule has 1 spiro atoms. The first-order valence-electron chi connectivity index (χ1n) is 9.31. The predicted molar refractivity (Wildman–Crippen MR) is 93.4 cm³/mol. The molecule has 2 fully saturated rings. The minimum absolute atomic E-state index is 0.424. The Balaban J connectivity index is 1.37. The summed E-state index contributed by atoms with van der Waals surface area (Å²) in [5, 5.41) is 3.64. The molecule has 2 atom stereocenters. The fraction of sp³-hybridized carbons (Fsp3) is 0.700. The quantitative estimate of drug-likeness (QED) is 0.877. The molecule has 0 amide bonds. The van der Waals surface area contributed by atoms with Gasteiger partial charge in [-0.1, -0.05) is 38.0 Å². The van der Waals surface area contributed by atoms with Gasteiger partial charge in [0.2, 0.25) is 0 Å². The van der Waals surface area contributed by atoms with Gasteiger partial charge in [0.05, 0.1) is 0 Å². The monoisotopic (exact) mass is 298 g/mol. The van der Waals surface area contributed by atoms with Crippen molar-refractivity contribution >= 4 is 5.69 Å². The number of para-hydroxylation sites is 1. The van der Waals surface area contributed by atoms with Gasteiger partial charge in [0, 0.05) is 24.2 Å². The Labute approximate surface area is 135 Å². The van der Waals surface area contributed by atoms with Crippen molar-refractivity contribution < 1.29 is 0 Å². The standard InChI is InChI=1S/C20H30N2/c1-16-5-4-6-17(13-16)14-22-11-9-20(10-12-22)15-21-19-8-3-2-7-18(19)20/h2-3,7-8,16-17,21H,4-6,9-15H2,1H3. The Morgan fingerprint density at radius 3 is 2.82 bits per heavy atom. The van der Waals surface area contributed by atoms with Gasteiger partial charge in [-0.05, 0) is 62.2 Å². The van der Waals surface area contributed by atoms with Crippen molar-refractivity contribution in [2.45, 2.75) is 50.9 Å². The SMILES string of the molecule is CC1CCCC(CN2CCC3(CC2)CNc2ccccc23)C1. The highest BCUT2D eigenvalue weighted by atomic mass is 15.1. The van der Waals surface area contributed by atoms with E-state index in [1.807, 2.05) is 0 Å². The van der Waals surface area contributed by atoms with Crippen LogP contribution in [0.3, 0.4) is 0 Å². The molecule has 2 nitrogen and oxygen atoms in total. The second-order valence-electron chi connectivity index (χ2n) is 8.12. The van der Waals surface area contributed by atoms with Crippen LogP contribution in [0.15, 0.2) is 24.3 Å². The van der Waals surface area contributed by atoms with Gasteiger partial charge in [0.1, 0.15) is 0 Å². The summed E-state index contributed by atoms with van der Waals surface area (Å²) < 4.78 is 0. The molecule has 1 N–H and O–H groups in total. The summed E-state index contributed by atoms with van der Waals surface area (Å²) in [4.78, 5) is 2.76. The third-order valence-electron chi connectivity index (χ3n) is 6.49. The van der Waals surface area contributed by atoms with Gasteiger partial charge in [0.25, 0.3) is 0 Å². The topological polar surface area (TPSA) is 15.3 Å². The predicted octanol–water partition coefficient (Wildman–Crippen LogP) is 4.27. The number of hydrogen-bond acceptors (Lipinski definition) is 2. The summed E-state index contributed by atoms with van der Waals surface area (Å²) in [5.74, 6) is 1.92. The lowest BCUT2D eigenvalue weighted by atomic mass is 9.74. The summed E-state index contributed by atoms with van der Waals surface area (Å²) in [6.07, 6.45) is 8.52. The maximum atomic E-state index is 3.64. The van der Waals surface area contributed by atoms with E-state index in [9.17, 15) is 0 Å². The largest absolute Gasteiger partial charge is 0.384 e. The van der Waals surface area contributed by atoms with Crippen molar-refractivity contribution in [1.29, 1.82) is 0 Å². The first-order chi connectivity index (χ1) is 10.8. The van der Waals surface area contributed by atoms with Gasteiger partial charge < -0.3 is 10.2 Å².